The molecule has 0 amide bonds. The van der Waals surface area contributed by atoms with E-state index in [1.807, 2.05) is 17.9 Å². The number of hydrogen-bond acceptors (Lipinski definition) is 6. The van der Waals surface area contributed by atoms with Gasteiger partial charge in [-0.25, -0.2) is 9.97 Å². The molecule has 6 nitrogen and oxygen atoms in total. The van der Waals surface area contributed by atoms with E-state index in [4.69, 9.17) is 0 Å². The number of nitrogens with one attached hydrogen (secondary N) is 1. The highest BCUT2D eigenvalue weighted by atomic mass is 16.3. The number of β-amino-alcohol motifs (C(OH)–C–C–N with tert-alkyl or cyclic N) is 2. The van der Waals surface area contributed by atoms with Crippen LogP contribution in [0.2, 0.25) is 0 Å². The Balaban J connectivity index is 2.19. The highest BCUT2D eigenvalue weighted by Gasteiger charge is 2.30. The zero-order valence-electron chi connectivity index (χ0n) is 11.5. The normalized spacial score (nSPS) is 22.8. The molecule has 6 heteroatoms. The molecular formula is C13H22N4O2. The van der Waals surface area contributed by atoms with Crippen LogP contribution in [0.25, 0.3) is 0 Å². The lowest BCUT2D eigenvalue weighted by molar-refractivity contribution is 0.0572. The number of rotatable bonds is 5. The van der Waals surface area contributed by atoms with E-state index in [1.54, 1.807) is 0 Å². The topological polar surface area (TPSA) is 81.5 Å². The second kappa shape index (κ2) is 6.16. The Morgan fingerprint density at radius 2 is 1.95 bits per heavy atom. The largest absolute Gasteiger partial charge is 0.389 e. The van der Waals surface area contributed by atoms with Gasteiger partial charge in [-0.15, -0.1) is 0 Å². The Bertz CT molecular complexity index is 417. The first-order valence-electron chi connectivity index (χ1n) is 6.87. The number of nitrogens with zero attached hydrogens (tertiary/aromatic N) is 3. The standard InChI is InChI=1S/C13H22N4O2/c1-3-5-14-12-6-13(16-11(4-2)15-12)17-7-9(18)10(19)8-17/h6,9-10,18-19H,3-5,7-8H2,1-2H3,(H,14,15,16). The zero-order chi connectivity index (χ0) is 13.8. The third-order valence-electron chi connectivity index (χ3n) is 3.21. The van der Waals surface area contributed by atoms with Gasteiger partial charge in [0.1, 0.15) is 17.5 Å². The lowest BCUT2D eigenvalue weighted by Gasteiger charge is -2.18. The summed E-state index contributed by atoms with van der Waals surface area (Å²) in [6.07, 6.45) is 0.384. The molecule has 2 rings (SSSR count). The van der Waals surface area contributed by atoms with Gasteiger partial charge in [0.15, 0.2) is 0 Å². The molecular weight excluding hydrogens is 244 g/mol. The average molecular weight is 266 g/mol. The van der Waals surface area contributed by atoms with Crippen molar-refractivity contribution < 1.29 is 10.2 Å². The second-order valence-electron chi connectivity index (χ2n) is 4.85. The van der Waals surface area contributed by atoms with Crippen LogP contribution in [0.5, 0.6) is 0 Å². The van der Waals surface area contributed by atoms with E-state index in [-0.39, 0.29) is 0 Å². The summed E-state index contributed by atoms with van der Waals surface area (Å²) in [5.74, 6) is 2.34. The molecule has 1 aromatic heterocycles. The van der Waals surface area contributed by atoms with Crippen molar-refractivity contribution in [2.75, 3.05) is 29.9 Å². The third-order valence-corrected chi connectivity index (χ3v) is 3.21. The van der Waals surface area contributed by atoms with E-state index < -0.39 is 12.2 Å². The number of hydrogen-bond donors (Lipinski definition) is 3. The van der Waals surface area contributed by atoms with Gasteiger partial charge in [-0.1, -0.05) is 13.8 Å². The quantitative estimate of drug-likeness (QED) is 0.716. The average Bonchev–Trinajstić information content (AvgIpc) is 2.76. The summed E-state index contributed by atoms with van der Waals surface area (Å²) >= 11 is 0. The minimum Gasteiger partial charge on any atom is -0.389 e. The first-order valence-corrected chi connectivity index (χ1v) is 6.87. The number of aliphatic hydroxyl groups excluding tert-OH is 2. The monoisotopic (exact) mass is 266 g/mol. The first-order chi connectivity index (χ1) is 9.13. The number of aromatic nitrogens is 2. The predicted molar refractivity (Wildman–Crippen MR) is 74.4 cm³/mol. The zero-order valence-corrected chi connectivity index (χ0v) is 11.5. The van der Waals surface area contributed by atoms with Gasteiger partial charge < -0.3 is 20.4 Å². The summed E-state index contributed by atoms with van der Waals surface area (Å²) in [4.78, 5) is 10.8. The third kappa shape index (κ3) is 3.33. The fourth-order valence-corrected chi connectivity index (χ4v) is 2.10. The fourth-order valence-electron chi connectivity index (χ4n) is 2.10. The smallest absolute Gasteiger partial charge is 0.134 e. The van der Waals surface area contributed by atoms with Gasteiger partial charge in [0.2, 0.25) is 0 Å². The predicted octanol–water partition coefficient (Wildman–Crippen LogP) is 0.403. The molecule has 0 saturated carbocycles. The summed E-state index contributed by atoms with van der Waals surface area (Å²) in [6.45, 7) is 5.80. The van der Waals surface area contributed by atoms with Crippen molar-refractivity contribution in [2.24, 2.45) is 0 Å². The highest BCUT2D eigenvalue weighted by molar-refractivity contribution is 5.50. The molecule has 0 radical (unpaired) electrons. The molecule has 2 heterocycles. The SMILES string of the molecule is CCCNc1cc(N2CC(O)C(O)C2)nc(CC)n1. The Hall–Kier alpha value is -1.40. The van der Waals surface area contributed by atoms with Crippen molar-refractivity contribution in [3.63, 3.8) is 0 Å². The molecule has 106 valence electrons. The maximum atomic E-state index is 9.62. The lowest BCUT2D eigenvalue weighted by Crippen LogP contribution is -2.23. The molecule has 1 aromatic rings. The summed E-state index contributed by atoms with van der Waals surface area (Å²) in [5.41, 5.74) is 0. The molecule has 1 aliphatic rings. The number of aryl methyl sites for hydroxylation is 1. The maximum Gasteiger partial charge on any atom is 0.134 e. The lowest BCUT2D eigenvalue weighted by atomic mass is 10.3. The van der Waals surface area contributed by atoms with Crippen LogP contribution in [0.4, 0.5) is 11.6 Å². The minimum atomic E-state index is -0.702. The number of anilines is 2. The van der Waals surface area contributed by atoms with Gasteiger partial charge in [-0.3, -0.25) is 0 Å². The van der Waals surface area contributed by atoms with E-state index in [1.165, 1.54) is 0 Å². The van der Waals surface area contributed by atoms with E-state index >= 15 is 0 Å². The molecule has 1 aliphatic heterocycles. The Kier molecular flexibility index (Phi) is 4.55. The van der Waals surface area contributed by atoms with Crippen LogP contribution < -0.4 is 10.2 Å². The van der Waals surface area contributed by atoms with Crippen molar-refractivity contribution in [2.45, 2.75) is 38.9 Å². The molecule has 0 spiro atoms. The van der Waals surface area contributed by atoms with Gasteiger partial charge >= 0.3 is 0 Å². The molecule has 0 aromatic carbocycles. The van der Waals surface area contributed by atoms with E-state index in [9.17, 15) is 10.2 Å². The van der Waals surface area contributed by atoms with Crippen LogP contribution in [0.3, 0.4) is 0 Å². The summed E-state index contributed by atoms with van der Waals surface area (Å²) in [6, 6.07) is 1.87. The van der Waals surface area contributed by atoms with Crippen LogP contribution in [-0.4, -0.2) is 52.0 Å². The molecule has 1 fully saturated rings. The van der Waals surface area contributed by atoms with Gasteiger partial charge in [-0.2, -0.15) is 0 Å². The van der Waals surface area contributed by atoms with Crippen molar-refractivity contribution in [3.8, 4) is 0 Å². The highest BCUT2D eigenvalue weighted by Crippen LogP contribution is 2.21. The maximum absolute atomic E-state index is 9.62. The molecule has 2 atom stereocenters. The van der Waals surface area contributed by atoms with Crippen LogP contribution in [-0.2, 0) is 6.42 Å². The number of aliphatic hydroxyl groups is 2. The Morgan fingerprint density at radius 3 is 2.53 bits per heavy atom. The summed E-state index contributed by atoms with van der Waals surface area (Å²) in [7, 11) is 0. The Morgan fingerprint density at radius 1 is 1.26 bits per heavy atom. The summed E-state index contributed by atoms with van der Waals surface area (Å²) in [5, 5.41) is 22.5. The molecule has 0 aliphatic carbocycles. The second-order valence-corrected chi connectivity index (χ2v) is 4.85. The summed E-state index contributed by atoms with van der Waals surface area (Å²) < 4.78 is 0. The van der Waals surface area contributed by atoms with Crippen molar-refractivity contribution in [3.05, 3.63) is 11.9 Å². The van der Waals surface area contributed by atoms with E-state index in [0.717, 1.165) is 36.8 Å². The van der Waals surface area contributed by atoms with Gasteiger partial charge in [0.25, 0.3) is 0 Å². The van der Waals surface area contributed by atoms with Crippen LogP contribution in [0.15, 0.2) is 6.07 Å². The molecule has 0 bridgehead atoms. The van der Waals surface area contributed by atoms with Crippen LogP contribution in [0, 0.1) is 0 Å². The first kappa shape index (κ1) is 14.0. The molecule has 19 heavy (non-hydrogen) atoms. The Labute approximate surface area is 113 Å². The van der Waals surface area contributed by atoms with Crippen LogP contribution >= 0.6 is 0 Å². The van der Waals surface area contributed by atoms with Crippen molar-refractivity contribution in [1.82, 2.24) is 9.97 Å². The van der Waals surface area contributed by atoms with Gasteiger partial charge in [-0.05, 0) is 6.42 Å². The molecule has 3 N–H and O–H groups in total. The van der Waals surface area contributed by atoms with E-state index in [0.29, 0.717) is 13.1 Å². The molecule has 2 unspecified atom stereocenters. The molecule has 1 saturated heterocycles. The fraction of sp³-hybridized carbons (Fsp3) is 0.692. The van der Waals surface area contributed by atoms with E-state index in [2.05, 4.69) is 22.2 Å². The van der Waals surface area contributed by atoms with Crippen molar-refractivity contribution >= 4 is 11.6 Å². The van der Waals surface area contributed by atoms with Gasteiger partial charge in [0, 0.05) is 32.1 Å². The van der Waals surface area contributed by atoms with Gasteiger partial charge in [0.05, 0.1) is 12.2 Å². The van der Waals surface area contributed by atoms with Crippen LogP contribution in [0.1, 0.15) is 26.1 Å². The minimum absolute atomic E-state index is 0.411. The van der Waals surface area contributed by atoms with Crippen molar-refractivity contribution in [1.29, 1.82) is 0 Å².